The van der Waals surface area contributed by atoms with Gasteiger partial charge in [-0.1, -0.05) is 6.07 Å². The number of amides is 1. The predicted octanol–water partition coefficient (Wildman–Crippen LogP) is 1.87. The van der Waals surface area contributed by atoms with Gasteiger partial charge in [0.1, 0.15) is 5.82 Å². The number of nitrogens with one attached hydrogen (secondary N) is 1. The lowest BCUT2D eigenvalue weighted by Gasteiger charge is -2.37. The smallest absolute Gasteiger partial charge is 0.272 e. The van der Waals surface area contributed by atoms with Crippen molar-refractivity contribution in [1.29, 1.82) is 0 Å². The molecule has 2 aliphatic rings. The van der Waals surface area contributed by atoms with Gasteiger partial charge in [-0.05, 0) is 44.2 Å². The lowest BCUT2D eigenvalue weighted by Crippen LogP contribution is -2.52. The molecule has 6 nitrogen and oxygen atoms in total. The van der Waals surface area contributed by atoms with Gasteiger partial charge >= 0.3 is 0 Å². The molecule has 2 N–H and O–H groups in total. The van der Waals surface area contributed by atoms with Crippen molar-refractivity contribution >= 4 is 11.4 Å². The number of aromatic nitrogens is 2. The molecule has 2 aromatic rings. The quantitative estimate of drug-likeness (QED) is 0.878. The van der Waals surface area contributed by atoms with Crippen LogP contribution in [0.4, 0.5) is 0 Å². The van der Waals surface area contributed by atoms with Crippen LogP contribution in [0.1, 0.15) is 54.3 Å². The minimum absolute atomic E-state index is 0.0531. The normalized spacial score (nSPS) is 20.2. The monoisotopic (exact) mass is 329 g/mol. The first kappa shape index (κ1) is 15.6. The van der Waals surface area contributed by atoms with Crippen molar-refractivity contribution in [3.05, 3.63) is 35.9 Å². The zero-order chi connectivity index (χ0) is 16.6. The second-order valence-corrected chi connectivity index (χ2v) is 6.87. The van der Waals surface area contributed by atoms with Gasteiger partial charge in [-0.2, -0.15) is 0 Å². The second kappa shape index (κ2) is 6.18. The average molecular weight is 329 g/mol. The van der Waals surface area contributed by atoms with E-state index in [0.717, 1.165) is 37.0 Å². The summed E-state index contributed by atoms with van der Waals surface area (Å²) in [6.45, 7) is 1.27. The number of hydrogen-bond donors (Lipinski definition) is 2. The molecular weight excluding hydrogens is 306 g/mol. The van der Waals surface area contributed by atoms with Crippen LogP contribution in [0.3, 0.4) is 0 Å². The Hall–Kier alpha value is -1.92. The zero-order valence-electron chi connectivity index (χ0n) is 13.7. The van der Waals surface area contributed by atoms with Gasteiger partial charge in [-0.3, -0.25) is 4.79 Å². The summed E-state index contributed by atoms with van der Waals surface area (Å²) in [5.41, 5.74) is 0.943. The van der Waals surface area contributed by atoms with Gasteiger partial charge in [0.2, 0.25) is 0 Å². The molecule has 1 amide bonds. The maximum atomic E-state index is 13.0. The van der Waals surface area contributed by atoms with Crippen LogP contribution in [-0.2, 0) is 4.74 Å². The van der Waals surface area contributed by atoms with E-state index in [-0.39, 0.29) is 12.5 Å². The molecular formula is C18H23N3O3. The molecule has 3 heterocycles. The van der Waals surface area contributed by atoms with Gasteiger partial charge in [0.05, 0.1) is 5.52 Å². The number of hydrogen-bond acceptors (Lipinski definition) is 4. The number of imidazole rings is 1. The molecule has 1 aliphatic heterocycles. The van der Waals surface area contributed by atoms with Crippen LogP contribution >= 0.6 is 0 Å². The van der Waals surface area contributed by atoms with E-state index in [0.29, 0.717) is 31.2 Å². The number of aliphatic hydroxyl groups is 1. The Kier molecular flexibility index (Phi) is 4.02. The Morgan fingerprint density at radius 1 is 1.38 bits per heavy atom. The summed E-state index contributed by atoms with van der Waals surface area (Å²) in [4.78, 5) is 17.6. The standard InChI is InChI=1S/C18H23N3O3/c22-10-6-18(7-11-24-12-8-18)20-17(23)15-14-3-1-2-9-21(14)16(19-15)13-4-5-13/h1-3,9,13,22H,4-8,10-12H2,(H,20,23). The SMILES string of the molecule is O=C(NC1(CCO)CCOCC1)c1nc(C2CC2)n2ccccc12. The third kappa shape index (κ3) is 2.80. The molecule has 0 spiro atoms. The van der Waals surface area contributed by atoms with E-state index in [4.69, 9.17) is 4.74 Å². The molecule has 24 heavy (non-hydrogen) atoms. The van der Waals surface area contributed by atoms with Gasteiger partial charge in [-0.25, -0.2) is 4.98 Å². The highest BCUT2D eigenvalue weighted by molar-refractivity contribution is 5.99. The molecule has 2 aromatic heterocycles. The minimum Gasteiger partial charge on any atom is -0.396 e. The van der Waals surface area contributed by atoms with Gasteiger partial charge in [0.25, 0.3) is 5.91 Å². The maximum Gasteiger partial charge on any atom is 0.272 e. The fourth-order valence-corrected chi connectivity index (χ4v) is 3.57. The summed E-state index contributed by atoms with van der Waals surface area (Å²) >= 11 is 0. The lowest BCUT2D eigenvalue weighted by molar-refractivity contribution is 0.0266. The molecule has 0 unspecified atom stereocenters. The van der Waals surface area contributed by atoms with Gasteiger partial charge in [-0.15, -0.1) is 0 Å². The Labute approximate surface area is 140 Å². The Morgan fingerprint density at radius 2 is 2.17 bits per heavy atom. The minimum atomic E-state index is -0.394. The van der Waals surface area contributed by atoms with Crippen molar-refractivity contribution < 1.29 is 14.6 Å². The van der Waals surface area contributed by atoms with Crippen LogP contribution in [0.25, 0.3) is 5.52 Å². The first-order chi connectivity index (χ1) is 11.7. The van der Waals surface area contributed by atoms with E-state index in [1.807, 2.05) is 28.8 Å². The number of nitrogens with zero attached hydrogens (tertiary/aromatic N) is 2. The summed E-state index contributed by atoms with van der Waals surface area (Å²) in [5.74, 6) is 1.30. The highest BCUT2D eigenvalue weighted by Crippen LogP contribution is 2.40. The predicted molar refractivity (Wildman–Crippen MR) is 89.1 cm³/mol. The maximum absolute atomic E-state index is 13.0. The molecule has 0 radical (unpaired) electrons. The van der Waals surface area contributed by atoms with Crippen molar-refractivity contribution in [2.75, 3.05) is 19.8 Å². The fourth-order valence-electron chi connectivity index (χ4n) is 3.57. The topological polar surface area (TPSA) is 75.9 Å². The Morgan fingerprint density at radius 3 is 2.88 bits per heavy atom. The van der Waals surface area contributed by atoms with E-state index >= 15 is 0 Å². The number of ether oxygens (including phenoxy) is 1. The number of fused-ring (bicyclic) bond motifs is 1. The summed E-state index contributed by atoms with van der Waals surface area (Å²) < 4.78 is 7.46. The molecule has 0 aromatic carbocycles. The first-order valence-electron chi connectivity index (χ1n) is 8.70. The van der Waals surface area contributed by atoms with E-state index in [1.54, 1.807) is 0 Å². The largest absolute Gasteiger partial charge is 0.396 e. The van der Waals surface area contributed by atoms with Crippen LogP contribution in [0.5, 0.6) is 0 Å². The molecule has 1 aliphatic carbocycles. The van der Waals surface area contributed by atoms with E-state index < -0.39 is 5.54 Å². The second-order valence-electron chi connectivity index (χ2n) is 6.87. The van der Waals surface area contributed by atoms with Crippen molar-refractivity contribution in [3.63, 3.8) is 0 Å². The van der Waals surface area contributed by atoms with E-state index in [2.05, 4.69) is 10.3 Å². The fraction of sp³-hybridized carbons (Fsp3) is 0.556. The molecule has 0 atom stereocenters. The average Bonchev–Trinajstić information content (AvgIpc) is 3.36. The highest BCUT2D eigenvalue weighted by atomic mass is 16.5. The van der Waals surface area contributed by atoms with E-state index in [9.17, 15) is 9.90 Å². The van der Waals surface area contributed by atoms with Crippen LogP contribution in [0.2, 0.25) is 0 Å². The van der Waals surface area contributed by atoms with Crippen molar-refractivity contribution in [2.45, 2.75) is 43.6 Å². The number of rotatable bonds is 5. The van der Waals surface area contributed by atoms with Gasteiger partial charge in [0.15, 0.2) is 5.69 Å². The molecule has 1 saturated carbocycles. The van der Waals surface area contributed by atoms with E-state index in [1.165, 1.54) is 0 Å². The molecule has 4 rings (SSSR count). The number of pyridine rings is 1. The van der Waals surface area contributed by atoms with Crippen LogP contribution < -0.4 is 5.32 Å². The van der Waals surface area contributed by atoms with Crippen molar-refractivity contribution in [2.24, 2.45) is 0 Å². The zero-order valence-corrected chi connectivity index (χ0v) is 13.7. The van der Waals surface area contributed by atoms with Crippen LogP contribution in [0, 0.1) is 0 Å². The van der Waals surface area contributed by atoms with Crippen molar-refractivity contribution in [3.8, 4) is 0 Å². The molecule has 128 valence electrons. The van der Waals surface area contributed by atoms with Crippen molar-refractivity contribution in [1.82, 2.24) is 14.7 Å². The Balaban J connectivity index is 1.65. The molecule has 6 heteroatoms. The highest BCUT2D eigenvalue weighted by Gasteiger charge is 2.36. The summed E-state index contributed by atoms with van der Waals surface area (Å²) in [7, 11) is 0. The number of aliphatic hydroxyl groups excluding tert-OH is 1. The Bertz CT molecular complexity index is 740. The summed E-state index contributed by atoms with van der Waals surface area (Å²) in [5, 5.41) is 12.6. The third-order valence-corrected chi connectivity index (χ3v) is 5.15. The summed E-state index contributed by atoms with van der Waals surface area (Å²) in [6, 6.07) is 5.84. The molecule has 0 bridgehead atoms. The lowest BCUT2D eigenvalue weighted by atomic mass is 9.86. The summed E-state index contributed by atoms with van der Waals surface area (Å²) in [6.07, 6.45) is 6.25. The van der Waals surface area contributed by atoms with Gasteiger partial charge in [0, 0.05) is 37.5 Å². The first-order valence-corrected chi connectivity index (χ1v) is 8.70. The third-order valence-electron chi connectivity index (χ3n) is 5.15. The number of carbonyl (C=O) groups is 1. The van der Waals surface area contributed by atoms with Gasteiger partial charge < -0.3 is 19.6 Å². The van der Waals surface area contributed by atoms with Crippen LogP contribution in [-0.4, -0.2) is 45.8 Å². The van der Waals surface area contributed by atoms with Crippen LogP contribution in [0.15, 0.2) is 24.4 Å². The molecule has 2 fully saturated rings. The molecule has 1 saturated heterocycles. The number of carbonyl (C=O) groups excluding carboxylic acids is 1.